The number of hydrogen-bond acceptors (Lipinski definition) is 3. The van der Waals surface area contributed by atoms with Gasteiger partial charge in [-0.05, 0) is 0 Å². The van der Waals surface area contributed by atoms with Crippen molar-refractivity contribution in [3.8, 4) is 0 Å². The molecule has 1 atom stereocenters. The first kappa shape index (κ1) is 11.6. The zero-order chi connectivity index (χ0) is 11.4. The fourth-order valence-corrected chi connectivity index (χ4v) is 1.46. The topological polar surface area (TPSA) is 76.4 Å². The number of imidazole rings is 1. The van der Waals surface area contributed by atoms with E-state index in [1.807, 2.05) is 17.7 Å². The monoisotopic (exact) mass is 210 g/mol. The van der Waals surface area contributed by atoms with Crippen LogP contribution in [0, 0.1) is 5.92 Å². The molecule has 1 aromatic rings. The van der Waals surface area contributed by atoms with Crippen LogP contribution in [0.5, 0.6) is 0 Å². The summed E-state index contributed by atoms with van der Waals surface area (Å²) in [5.41, 5.74) is 5.53. The van der Waals surface area contributed by atoms with Gasteiger partial charge in [0.15, 0.2) is 0 Å². The predicted octanol–water partition coefficient (Wildman–Crippen LogP) is 1.39. The summed E-state index contributed by atoms with van der Waals surface area (Å²) >= 11 is 0. The van der Waals surface area contributed by atoms with E-state index in [2.05, 4.69) is 24.0 Å². The highest BCUT2D eigenvalue weighted by molar-refractivity contribution is 5.81. The maximum Gasteiger partial charge on any atom is 0.143 e. The van der Waals surface area contributed by atoms with Crippen LogP contribution in [0.3, 0.4) is 0 Å². The molecule has 0 spiro atoms. The van der Waals surface area contributed by atoms with E-state index in [1.54, 1.807) is 6.20 Å². The number of hydrogen-bond donors (Lipinski definition) is 2. The second-order valence-corrected chi connectivity index (χ2v) is 4.02. The van der Waals surface area contributed by atoms with Gasteiger partial charge in [-0.3, -0.25) is 0 Å². The largest absolute Gasteiger partial charge is 0.409 e. The third-order valence-corrected chi connectivity index (χ3v) is 2.36. The molecule has 0 aliphatic heterocycles. The van der Waals surface area contributed by atoms with E-state index >= 15 is 0 Å². The predicted molar refractivity (Wildman–Crippen MR) is 58.9 cm³/mol. The van der Waals surface area contributed by atoms with Crippen molar-refractivity contribution in [1.29, 1.82) is 0 Å². The maximum absolute atomic E-state index is 8.55. The lowest BCUT2D eigenvalue weighted by Crippen LogP contribution is -2.25. The number of nitrogens with zero attached hydrogens (tertiary/aromatic N) is 3. The second kappa shape index (κ2) is 4.82. The van der Waals surface area contributed by atoms with Crippen LogP contribution in [0.1, 0.15) is 32.5 Å². The van der Waals surface area contributed by atoms with Crippen LogP contribution in [0.2, 0.25) is 0 Å². The molecule has 0 bridgehead atoms. The Morgan fingerprint density at radius 1 is 1.60 bits per heavy atom. The van der Waals surface area contributed by atoms with Crippen LogP contribution in [0.4, 0.5) is 0 Å². The number of amidine groups is 1. The van der Waals surface area contributed by atoms with E-state index in [0.717, 1.165) is 5.82 Å². The Hall–Kier alpha value is -1.52. The van der Waals surface area contributed by atoms with Gasteiger partial charge in [0.2, 0.25) is 0 Å². The Labute approximate surface area is 89.6 Å². The molecule has 0 aromatic carbocycles. The summed E-state index contributed by atoms with van der Waals surface area (Å²) < 4.78 is 2.04. The molecular formula is C10H18N4O. The van der Waals surface area contributed by atoms with E-state index in [4.69, 9.17) is 10.9 Å². The molecule has 0 saturated heterocycles. The quantitative estimate of drug-likeness (QED) is 0.341. The van der Waals surface area contributed by atoms with Gasteiger partial charge in [0, 0.05) is 30.8 Å². The molecule has 0 amide bonds. The lowest BCUT2D eigenvalue weighted by Gasteiger charge is -2.14. The fraction of sp³-hybridized carbons (Fsp3) is 0.600. The number of rotatable bonds is 4. The first-order chi connectivity index (χ1) is 7.06. The summed E-state index contributed by atoms with van der Waals surface area (Å²) in [5.74, 6) is 1.65. The van der Waals surface area contributed by atoms with E-state index in [-0.39, 0.29) is 11.8 Å². The minimum Gasteiger partial charge on any atom is -0.409 e. The van der Waals surface area contributed by atoms with Crippen molar-refractivity contribution >= 4 is 5.84 Å². The Balaban J connectivity index is 2.76. The lowest BCUT2D eigenvalue weighted by atomic mass is 10.1. The van der Waals surface area contributed by atoms with Crippen molar-refractivity contribution in [3.63, 3.8) is 0 Å². The van der Waals surface area contributed by atoms with Crippen molar-refractivity contribution in [3.05, 3.63) is 18.2 Å². The number of oxime groups is 1. The molecule has 0 aliphatic rings. The highest BCUT2D eigenvalue weighted by atomic mass is 16.4. The van der Waals surface area contributed by atoms with Crippen molar-refractivity contribution in [2.45, 2.75) is 33.2 Å². The van der Waals surface area contributed by atoms with Crippen molar-refractivity contribution < 1.29 is 5.21 Å². The van der Waals surface area contributed by atoms with Crippen molar-refractivity contribution in [1.82, 2.24) is 9.55 Å². The van der Waals surface area contributed by atoms with Gasteiger partial charge in [0.1, 0.15) is 11.7 Å². The Morgan fingerprint density at radius 3 is 2.80 bits per heavy atom. The molecule has 0 saturated carbocycles. The summed E-state index contributed by atoms with van der Waals surface area (Å²) in [4.78, 5) is 4.27. The first-order valence-corrected chi connectivity index (χ1v) is 5.04. The lowest BCUT2D eigenvalue weighted by molar-refractivity contribution is 0.313. The molecule has 5 nitrogen and oxygen atoms in total. The molecule has 5 heteroatoms. The number of nitrogens with two attached hydrogens (primary N) is 1. The molecule has 1 unspecified atom stereocenters. The SMILES string of the molecule is CC(Cn1ccnc1C(C)C)/C(N)=N/O. The molecule has 0 radical (unpaired) electrons. The van der Waals surface area contributed by atoms with E-state index in [9.17, 15) is 0 Å². The Morgan fingerprint density at radius 2 is 2.27 bits per heavy atom. The fourth-order valence-electron chi connectivity index (χ4n) is 1.46. The molecule has 84 valence electrons. The van der Waals surface area contributed by atoms with Gasteiger partial charge in [-0.15, -0.1) is 0 Å². The molecule has 1 rings (SSSR count). The Kier molecular flexibility index (Phi) is 3.71. The summed E-state index contributed by atoms with van der Waals surface area (Å²) in [6, 6.07) is 0. The molecule has 15 heavy (non-hydrogen) atoms. The van der Waals surface area contributed by atoms with E-state index in [1.165, 1.54) is 0 Å². The van der Waals surface area contributed by atoms with Crippen molar-refractivity contribution in [2.24, 2.45) is 16.8 Å². The van der Waals surface area contributed by atoms with Gasteiger partial charge >= 0.3 is 0 Å². The highest BCUT2D eigenvalue weighted by Gasteiger charge is 2.12. The highest BCUT2D eigenvalue weighted by Crippen LogP contribution is 2.13. The summed E-state index contributed by atoms with van der Waals surface area (Å²) in [6.07, 6.45) is 3.69. The zero-order valence-corrected chi connectivity index (χ0v) is 9.38. The van der Waals surface area contributed by atoms with Crippen LogP contribution in [-0.2, 0) is 6.54 Å². The van der Waals surface area contributed by atoms with E-state index < -0.39 is 0 Å². The van der Waals surface area contributed by atoms with E-state index in [0.29, 0.717) is 12.5 Å². The minimum absolute atomic E-state index is 0.00157. The van der Waals surface area contributed by atoms with Gasteiger partial charge in [-0.25, -0.2) is 4.98 Å². The van der Waals surface area contributed by atoms with Crippen LogP contribution in [-0.4, -0.2) is 20.6 Å². The second-order valence-electron chi connectivity index (χ2n) is 4.02. The first-order valence-electron chi connectivity index (χ1n) is 5.04. The molecule has 0 aliphatic carbocycles. The molecule has 0 fully saturated rings. The van der Waals surface area contributed by atoms with Crippen LogP contribution < -0.4 is 5.73 Å². The standard InChI is InChI=1S/C10H18N4O/c1-7(2)10-12-4-5-14(10)6-8(3)9(11)13-15/h4-5,7-8,15H,6H2,1-3H3,(H2,11,13). The smallest absolute Gasteiger partial charge is 0.143 e. The van der Waals surface area contributed by atoms with Gasteiger partial charge in [-0.1, -0.05) is 25.9 Å². The normalized spacial score (nSPS) is 14.5. The minimum atomic E-state index is 0.00157. The van der Waals surface area contributed by atoms with Gasteiger partial charge in [0.05, 0.1) is 0 Å². The zero-order valence-electron chi connectivity index (χ0n) is 9.38. The Bertz CT molecular complexity index is 343. The average molecular weight is 210 g/mol. The summed E-state index contributed by atoms with van der Waals surface area (Å²) in [5, 5.41) is 11.6. The number of aromatic nitrogens is 2. The summed E-state index contributed by atoms with van der Waals surface area (Å²) in [7, 11) is 0. The van der Waals surface area contributed by atoms with Crippen molar-refractivity contribution in [2.75, 3.05) is 0 Å². The molecule has 1 heterocycles. The van der Waals surface area contributed by atoms with Crippen LogP contribution >= 0.6 is 0 Å². The van der Waals surface area contributed by atoms with Crippen LogP contribution in [0.15, 0.2) is 17.5 Å². The van der Waals surface area contributed by atoms with Gasteiger partial charge < -0.3 is 15.5 Å². The molecule has 3 N–H and O–H groups in total. The third kappa shape index (κ3) is 2.71. The molecular weight excluding hydrogens is 192 g/mol. The molecule has 1 aromatic heterocycles. The maximum atomic E-state index is 8.55. The van der Waals surface area contributed by atoms with Crippen LogP contribution in [0.25, 0.3) is 0 Å². The summed E-state index contributed by atoms with van der Waals surface area (Å²) in [6.45, 7) is 6.78. The van der Waals surface area contributed by atoms with Gasteiger partial charge in [0.25, 0.3) is 0 Å². The van der Waals surface area contributed by atoms with Gasteiger partial charge in [-0.2, -0.15) is 0 Å². The third-order valence-electron chi connectivity index (χ3n) is 2.36. The average Bonchev–Trinajstić information content (AvgIpc) is 2.64.